The molecule has 1 N–H and O–H groups in total. The van der Waals surface area contributed by atoms with Crippen molar-refractivity contribution >= 4 is 5.91 Å². The third-order valence-corrected chi connectivity index (χ3v) is 3.55. The van der Waals surface area contributed by atoms with E-state index in [1.165, 1.54) is 0 Å². The van der Waals surface area contributed by atoms with Crippen molar-refractivity contribution < 1.29 is 9.53 Å². The number of carbonyl (C=O) groups excluding carboxylic acids is 1. The van der Waals surface area contributed by atoms with Crippen LogP contribution in [0.4, 0.5) is 0 Å². The summed E-state index contributed by atoms with van der Waals surface area (Å²) in [6.07, 6.45) is 1.98. The number of nitrogens with one attached hydrogen (secondary N) is 1. The maximum atomic E-state index is 12.4. The Hall–Kier alpha value is -0.610. The molecule has 1 aliphatic rings. The smallest absolute Gasteiger partial charge is 0.241 e. The molecule has 0 saturated carbocycles. The predicted molar refractivity (Wildman–Crippen MR) is 73.3 cm³/mol. The van der Waals surface area contributed by atoms with Crippen LogP contribution in [0.3, 0.4) is 0 Å². The van der Waals surface area contributed by atoms with Crippen LogP contribution in [0.25, 0.3) is 0 Å². The molecule has 0 bridgehead atoms. The van der Waals surface area contributed by atoms with Gasteiger partial charge in [0, 0.05) is 7.11 Å². The summed E-state index contributed by atoms with van der Waals surface area (Å²) in [5.74, 6) is 0.750. The third-order valence-electron chi connectivity index (χ3n) is 3.55. The van der Waals surface area contributed by atoms with Gasteiger partial charge in [-0.15, -0.1) is 0 Å². The Kier molecular flexibility index (Phi) is 5.17. The molecule has 1 heterocycles. The number of amides is 1. The average Bonchev–Trinajstić information content (AvgIpc) is 2.56. The van der Waals surface area contributed by atoms with Gasteiger partial charge in [-0.1, -0.05) is 20.8 Å². The monoisotopic (exact) mass is 256 g/mol. The van der Waals surface area contributed by atoms with Gasteiger partial charge in [0.05, 0.1) is 24.4 Å². The van der Waals surface area contributed by atoms with Crippen molar-refractivity contribution in [2.75, 3.05) is 13.7 Å². The van der Waals surface area contributed by atoms with Gasteiger partial charge in [0.15, 0.2) is 0 Å². The number of rotatable bonds is 6. The molecule has 0 aliphatic carbocycles. The molecule has 1 fully saturated rings. The maximum absolute atomic E-state index is 12.4. The molecular weight excluding hydrogens is 228 g/mol. The minimum absolute atomic E-state index is 0.0254. The number of methoxy groups -OCH3 is 1. The average molecular weight is 256 g/mol. The van der Waals surface area contributed by atoms with E-state index in [9.17, 15) is 4.79 Å². The third kappa shape index (κ3) is 3.69. The number of ether oxygens (including phenoxy) is 1. The van der Waals surface area contributed by atoms with Crippen molar-refractivity contribution in [1.29, 1.82) is 0 Å². The Balaban J connectivity index is 2.74. The Morgan fingerprint density at radius 2 is 2.06 bits per heavy atom. The standard InChI is InChI=1S/C14H28N2O2/c1-7-12-15-11(8-10(2)3)13(17)16(12)9-14(4,5)18-6/h10-12,15H,7-9H2,1-6H3. The highest BCUT2D eigenvalue weighted by atomic mass is 16.5. The van der Waals surface area contributed by atoms with Gasteiger partial charge in [0.25, 0.3) is 0 Å². The lowest BCUT2D eigenvalue weighted by molar-refractivity contribution is -0.134. The lowest BCUT2D eigenvalue weighted by Crippen LogP contribution is -2.46. The van der Waals surface area contributed by atoms with Gasteiger partial charge in [-0.05, 0) is 32.6 Å². The Morgan fingerprint density at radius 1 is 1.44 bits per heavy atom. The molecule has 4 nitrogen and oxygen atoms in total. The normalized spacial score (nSPS) is 25.3. The summed E-state index contributed by atoms with van der Waals surface area (Å²) < 4.78 is 5.44. The number of carbonyl (C=O) groups is 1. The second-order valence-electron chi connectivity index (χ2n) is 6.20. The van der Waals surface area contributed by atoms with Crippen LogP contribution in [0.5, 0.6) is 0 Å². The number of nitrogens with zero attached hydrogens (tertiary/aromatic N) is 1. The first-order valence-corrected chi connectivity index (χ1v) is 6.92. The van der Waals surface area contributed by atoms with Gasteiger partial charge in [-0.3, -0.25) is 10.1 Å². The summed E-state index contributed by atoms with van der Waals surface area (Å²) in [5.41, 5.74) is -0.294. The molecule has 2 unspecified atom stereocenters. The molecule has 0 aromatic rings. The molecule has 1 aliphatic heterocycles. The van der Waals surface area contributed by atoms with Crippen LogP contribution < -0.4 is 5.32 Å². The zero-order valence-electron chi connectivity index (χ0n) is 12.6. The van der Waals surface area contributed by atoms with E-state index < -0.39 is 0 Å². The minimum Gasteiger partial charge on any atom is -0.377 e. The maximum Gasteiger partial charge on any atom is 0.241 e. The van der Waals surface area contributed by atoms with Crippen molar-refractivity contribution in [1.82, 2.24) is 10.2 Å². The Morgan fingerprint density at radius 3 is 2.50 bits per heavy atom. The molecule has 0 aromatic heterocycles. The fourth-order valence-corrected chi connectivity index (χ4v) is 2.39. The van der Waals surface area contributed by atoms with E-state index in [0.29, 0.717) is 12.5 Å². The van der Waals surface area contributed by atoms with Crippen molar-refractivity contribution in [2.24, 2.45) is 5.92 Å². The fourth-order valence-electron chi connectivity index (χ4n) is 2.39. The molecule has 0 radical (unpaired) electrons. The van der Waals surface area contributed by atoms with Crippen LogP contribution in [-0.2, 0) is 9.53 Å². The van der Waals surface area contributed by atoms with Crippen molar-refractivity contribution in [3.05, 3.63) is 0 Å². The van der Waals surface area contributed by atoms with Crippen LogP contribution in [0, 0.1) is 5.92 Å². The van der Waals surface area contributed by atoms with E-state index in [2.05, 4.69) is 26.1 Å². The van der Waals surface area contributed by atoms with Crippen molar-refractivity contribution in [3.8, 4) is 0 Å². The molecule has 1 saturated heterocycles. The molecule has 18 heavy (non-hydrogen) atoms. The molecule has 4 heteroatoms. The zero-order chi connectivity index (χ0) is 13.9. The Bertz CT molecular complexity index is 290. The molecule has 1 rings (SSSR count). The van der Waals surface area contributed by atoms with Crippen molar-refractivity contribution in [2.45, 2.75) is 65.3 Å². The lowest BCUT2D eigenvalue weighted by Gasteiger charge is -2.32. The van der Waals surface area contributed by atoms with E-state index in [1.54, 1.807) is 7.11 Å². The molecule has 0 aromatic carbocycles. The summed E-state index contributed by atoms with van der Waals surface area (Å²) >= 11 is 0. The predicted octanol–water partition coefficient (Wildman–Crippen LogP) is 1.99. The molecule has 0 spiro atoms. The number of hydrogen-bond acceptors (Lipinski definition) is 3. The van der Waals surface area contributed by atoms with E-state index in [1.807, 2.05) is 18.7 Å². The van der Waals surface area contributed by atoms with Gasteiger partial charge in [0.1, 0.15) is 0 Å². The highest BCUT2D eigenvalue weighted by Crippen LogP contribution is 2.22. The lowest BCUT2D eigenvalue weighted by atomic mass is 10.0. The highest BCUT2D eigenvalue weighted by Gasteiger charge is 2.40. The molecular formula is C14H28N2O2. The first kappa shape index (κ1) is 15.4. The second kappa shape index (κ2) is 6.02. The topological polar surface area (TPSA) is 41.6 Å². The van der Waals surface area contributed by atoms with E-state index in [-0.39, 0.29) is 23.7 Å². The summed E-state index contributed by atoms with van der Waals surface area (Å²) in [7, 11) is 1.69. The van der Waals surface area contributed by atoms with Crippen LogP contribution in [0.2, 0.25) is 0 Å². The van der Waals surface area contributed by atoms with Crippen LogP contribution in [-0.4, -0.2) is 42.3 Å². The Labute approximate surface area is 111 Å². The van der Waals surface area contributed by atoms with Gasteiger partial charge < -0.3 is 9.64 Å². The van der Waals surface area contributed by atoms with Crippen molar-refractivity contribution in [3.63, 3.8) is 0 Å². The molecule has 106 valence electrons. The largest absolute Gasteiger partial charge is 0.377 e. The summed E-state index contributed by atoms with van der Waals surface area (Å²) in [6.45, 7) is 11.1. The van der Waals surface area contributed by atoms with E-state index >= 15 is 0 Å². The van der Waals surface area contributed by atoms with Crippen LogP contribution in [0.1, 0.15) is 47.5 Å². The second-order valence-corrected chi connectivity index (χ2v) is 6.20. The summed E-state index contributed by atoms with van der Waals surface area (Å²) in [5, 5.41) is 3.44. The SMILES string of the molecule is CCC1NC(CC(C)C)C(=O)N1CC(C)(C)OC. The van der Waals surface area contributed by atoms with Gasteiger partial charge in [-0.25, -0.2) is 0 Å². The van der Waals surface area contributed by atoms with Gasteiger partial charge >= 0.3 is 0 Å². The van der Waals surface area contributed by atoms with E-state index in [4.69, 9.17) is 4.74 Å². The highest BCUT2D eigenvalue weighted by molar-refractivity contribution is 5.84. The van der Waals surface area contributed by atoms with Gasteiger partial charge in [-0.2, -0.15) is 0 Å². The quantitative estimate of drug-likeness (QED) is 0.790. The first-order chi connectivity index (χ1) is 8.30. The van der Waals surface area contributed by atoms with E-state index in [0.717, 1.165) is 12.8 Å². The fraction of sp³-hybridized carbons (Fsp3) is 0.929. The molecule has 1 amide bonds. The van der Waals surface area contributed by atoms with Crippen LogP contribution >= 0.6 is 0 Å². The zero-order valence-corrected chi connectivity index (χ0v) is 12.6. The van der Waals surface area contributed by atoms with Gasteiger partial charge in [0.2, 0.25) is 5.91 Å². The summed E-state index contributed by atoms with van der Waals surface area (Å²) in [4.78, 5) is 14.4. The first-order valence-electron chi connectivity index (χ1n) is 6.92. The number of hydrogen-bond donors (Lipinski definition) is 1. The minimum atomic E-state index is -0.294. The van der Waals surface area contributed by atoms with Crippen LogP contribution in [0.15, 0.2) is 0 Å². The summed E-state index contributed by atoms with van der Waals surface area (Å²) in [6, 6.07) is -0.0254. The molecule has 2 atom stereocenters.